The molecule has 110 valence electrons. The van der Waals surface area contributed by atoms with E-state index in [4.69, 9.17) is 5.73 Å². The Bertz CT molecular complexity index is 490. The molecule has 1 atom stereocenters. The van der Waals surface area contributed by atoms with E-state index in [9.17, 15) is 4.79 Å². The van der Waals surface area contributed by atoms with E-state index in [1.54, 1.807) is 0 Å². The minimum atomic E-state index is 0.0420. The average molecular weight is 387 g/mol. The second-order valence-electron chi connectivity index (χ2n) is 6.12. The number of anilines is 1. The molecule has 1 aromatic rings. The van der Waals surface area contributed by atoms with Gasteiger partial charge in [-0.1, -0.05) is 26.0 Å². The monoisotopic (exact) mass is 387 g/mol. The highest BCUT2D eigenvalue weighted by molar-refractivity contribution is 14.1. The van der Waals surface area contributed by atoms with Crippen LogP contribution in [0.5, 0.6) is 0 Å². The fraction of sp³-hybridized carbons (Fsp3) is 0.533. The molecule has 0 radical (unpaired) electrons. The fourth-order valence-electron chi connectivity index (χ4n) is 2.58. The zero-order chi connectivity index (χ0) is 14.8. The molecule has 1 fully saturated rings. The quantitative estimate of drug-likeness (QED) is 0.783. The molecular formula is C15H22IN3O. The van der Waals surface area contributed by atoms with Crippen molar-refractivity contribution >= 4 is 34.2 Å². The third-order valence-corrected chi connectivity index (χ3v) is 4.85. The Morgan fingerprint density at radius 1 is 1.50 bits per heavy atom. The fourth-order valence-corrected chi connectivity index (χ4v) is 3.10. The number of hydrogen-bond acceptors (Lipinski definition) is 3. The summed E-state index contributed by atoms with van der Waals surface area (Å²) in [4.78, 5) is 14.3. The van der Waals surface area contributed by atoms with Crippen LogP contribution in [0.15, 0.2) is 24.3 Å². The van der Waals surface area contributed by atoms with Crippen LogP contribution >= 0.6 is 22.6 Å². The van der Waals surface area contributed by atoms with Crippen molar-refractivity contribution in [2.45, 2.75) is 26.3 Å². The Morgan fingerprint density at radius 2 is 2.20 bits per heavy atom. The van der Waals surface area contributed by atoms with E-state index >= 15 is 0 Å². The summed E-state index contributed by atoms with van der Waals surface area (Å²) in [5.41, 5.74) is 7.07. The summed E-state index contributed by atoms with van der Waals surface area (Å²) in [5.74, 6) is 0.0420. The molecule has 0 bridgehead atoms. The lowest BCUT2D eigenvalue weighted by atomic mass is 9.80. The van der Waals surface area contributed by atoms with Gasteiger partial charge in [-0.2, -0.15) is 0 Å². The van der Waals surface area contributed by atoms with Crippen LogP contribution in [0.25, 0.3) is 0 Å². The van der Waals surface area contributed by atoms with Crippen molar-refractivity contribution in [3.63, 3.8) is 0 Å². The number of likely N-dealkylation sites (tertiary alicyclic amines) is 1. The van der Waals surface area contributed by atoms with Crippen molar-refractivity contribution in [3.05, 3.63) is 27.8 Å². The molecule has 0 aromatic heterocycles. The van der Waals surface area contributed by atoms with E-state index in [0.717, 1.165) is 28.8 Å². The maximum Gasteiger partial charge on any atom is 0.238 e. The first kappa shape index (κ1) is 15.7. The molecule has 1 aromatic carbocycles. The third-order valence-electron chi connectivity index (χ3n) is 3.91. The second kappa shape index (κ2) is 6.41. The van der Waals surface area contributed by atoms with E-state index in [1.807, 2.05) is 24.3 Å². The molecule has 3 N–H and O–H groups in total. The summed E-state index contributed by atoms with van der Waals surface area (Å²) in [7, 11) is 0. The van der Waals surface area contributed by atoms with Crippen molar-refractivity contribution < 1.29 is 4.79 Å². The number of carbonyl (C=O) groups is 1. The van der Waals surface area contributed by atoms with Gasteiger partial charge in [0.15, 0.2) is 0 Å². The third kappa shape index (κ3) is 3.93. The molecule has 0 spiro atoms. The largest absolute Gasteiger partial charge is 0.327 e. The van der Waals surface area contributed by atoms with Crippen LogP contribution in [0.2, 0.25) is 0 Å². The number of piperidine rings is 1. The van der Waals surface area contributed by atoms with Crippen molar-refractivity contribution in [3.8, 4) is 0 Å². The molecule has 20 heavy (non-hydrogen) atoms. The van der Waals surface area contributed by atoms with Crippen LogP contribution in [0.1, 0.15) is 20.3 Å². The lowest BCUT2D eigenvalue weighted by Gasteiger charge is -2.42. The molecule has 0 aliphatic carbocycles. The Kier molecular flexibility index (Phi) is 5.04. The number of benzene rings is 1. The summed E-state index contributed by atoms with van der Waals surface area (Å²) in [6, 6.07) is 8.03. The Hall–Kier alpha value is -0.660. The summed E-state index contributed by atoms with van der Waals surface area (Å²) in [6.07, 6.45) is 0.948. The van der Waals surface area contributed by atoms with Gasteiger partial charge in [-0.05, 0) is 46.6 Å². The first-order valence-corrected chi connectivity index (χ1v) is 7.99. The van der Waals surface area contributed by atoms with Crippen molar-refractivity contribution in [2.24, 2.45) is 11.1 Å². The number of halogens is 1. The van der Waals surface area contributed by atoms with Gasteiger partial charge >= 0.3 is 0 Å². The number of carbonyl (C=O) groups excluding carboxylic acids is 1. The molecule has 1 saturated heterocycles. The number of nitrogens with zero attached hydrogens (tertiary/aromatic N) is 1. The zero-order valence-electron chi connectivity index (χ0n) is 12.0. The first-order valence-electron chi connectivity index (χ1n) is 6.91. The lowest BCUT2D eigenvalue weighted by molar-refractivity contribution is -0.118. The topological polar surface area (TPSA) is 58.4 Å². The van der Waals surface area contributed by atoms with Gasteiger partial charge < -0.3 is 11.1 Å². The van der Waals surface area contributed by atoms with Crippen LogP contribution < -0.4 is 11.1 Å². The highest BCUT2D eigenvalue weighted by Crippen LogP contribution is 2.27. The number of nitrogens with one attached hydrogen (secondary N) is 1. The van der Waals surface area contributed by atoms with Crippen molar-refractivity contribution in [2.75, 3.05) is 25.0 Å². The van der Waals surface area contributed by atoms with Crippen LogP contribution in [0.4, 0.5) is 5.69 Å². The summed E-state index contributed by atoms with van der Waals surface area (Å²) >= 11 is 2.23. The van der Waals surface area contributed by atoms with Gasteiger partial charge in [-0.15, -0.1) is 0 Å². The maximum atomic E-state index is 12.1. The van der Waals surface area contributed by atoms with Crippen LogP contribution in [-0.4, -0.2) is 36.5 Å². The smallest absolute Gasteiger partial charge is 0.238 e. The van der Waals surface area contributed by atoms with E-state index in [2.05, 4.69) is 46.7 Å². The number of rotatable bonds is 3. The molecule has 1 amide bonds. The van der Waals surface area contributed by atoms with E-state index < -0.39 is 0 Å². The predicted octanol–water partition coefficient (Wildman–Crippen LogP) is 2.29. The Balaban J connectivity index is 1.91. The van der Waals surface area contributed by atoms with Crippen molar-refractivity contribution in [1.29, 1.82) is 0 Å². The van der Waals surface area contributed by atoms with Gasteiger partial charge in [0.05, 0.1) is 12.2 Å². The van der Waals surface area contributed by atoms with Gasteiger partial charge in [-0.25, -0.2) is 0 Å². The van der Waals surface area contributed by atoms with Crippen molar-refractivity contribution in [1.82, 2.24) is 4.90 Å². The van der Waals surface area contributed by atoms with Gasteiger partial charge in [0.25, 0.3) is 0 Å². The normalized spacial score (nSPS) is 22.5. The van der Waals surface area contributed by atoms with Crippen LogP contribution in [0.3, 0.4) is 0 Å². The van der Waals surface area contributed by atoms with Gasteiger partial charge in [0.2, 0.25) is 5.91 Å². The molecule has 4 nitrogen and oxygen atoms in total. The lowest BCUT2D eigenvalue weighted by Crippen LogP contribution is -2.53. The number of hydrogen-bond donors (Lipinski definition) is 2. The second-order valence-corrected chi connectivity index (χ2v) is 7.28. The molecule has 1 heterocycles. The number of para-hydroxylation sites is 1. The standard InChI is InChI=1S/C15H22IN3O/c1-15(2)10-19(8-7-13(15)17)9-14(20)18-12-6-4-3-5-11(12)16/h3-6,13H,7-10,17H2,1-2H3,(H,18,20). The minimum Gasteiger partial charge on any atom is -0.327 e. The molecule has 1 aliphatic heterocycles. The van der Waals surface area contributed by atoms with E-state index in [1.165, 1.54) is 0 Å². The van der Waals surface area contributed by atoms with Crippen LogP contribution in [-0.2, 0) is 4.79 Å². The SMILES string of the molecule is CC1(C)CN(CC(=O)Nc2ccccc2I)CCC1N. The predicted molar refractivity (Wildman–Crippen MR) is 90.6 cm³/mol. The molecule has 5 heteroatoms. The summed E-state index contributed by atoms with van der Waals surface area (Å²) < 4.78 is 1.06. The Morgan fingerprint density at radius 3 is 2.85 bits per heavy atom. The van der Waals surface area contributed by atoms with Crippen LogP contribution in [0, 0.1) is 8.99 Å². The van der Waals surface area contributed by atoms with Gasteiger partial charge in [0, 0.05) is 22.7 Å². The van der Waals surface area contributed by atoms with E-state index in [0.29, 0.717) is 6.54 Å². The number of amides is 1. The molecular weight excluding hydrogens is 365 g/mol. The molecule has 0 saturated carbocycles. The maximum absolute atomic E-state index is 12.1. The molecule has 2 rings (SSSR count). The highest BCUT2D eigenvalue weighted by atomic mass is 127. The molecule has 1 unspecified atom stereocenters. The average Bonchev–Trinajstić information content (AvgIpc) is 2.36. The minimum absolute atomic E-state index is 0.0420. The summed E-state index contributed by atoms with van der Waals surface area (Å²) in [6.45, 7) is 6.53. The Labute approximate surface area is 134 Å². The first-order chi connectivity index (χ1) is 9.38. The zero-order valence-corrected chi connectivity index (χ0v) is 14.2. The number of nitrogens with two attached hydrogens (primary N) is 1. The van der Waals surface area contributed by atoms with Gasteiger partial charge in [0.1, 0.15) is 0 Å². The molecule has 1 aliphatic rings. The highest BCUT2D eigenvalue weighted by Gasteiger charge is 2.33. The summed E-state index contributed by atoms with van der Waals surface area (Å²) in [5, 5.41) is 2.98. The van der Waals surface area contributed by atoms with Gasteiger partial charge in [-0.3, -0.25) is 9.69 Å². The van der Waals surface area contributed by atoms with E-state index in [-0.39, 0.29) is 17.4 Å².